The van der Waals surface area contributed by atoms with Crippen LogP contribution in [0.1, 0.15) is 11.6 Å². The highest BCUT2D eigenvalue weighted by molar-refractivity contribution is 6.30. The van der Waals surface area contributed by atoms with Crippen molar-refractivity contribution >= 4 is 34.2 Å². The Bertz CT molecular complexity index is 1170. The molecule has 2 heterocycles. The number of likely N-dealkylation sites (N-methyl/N-ethyl adjacent to an activating group) is 1. The van der Waals surface area contributed by atoms with E-state index >= 15 is 0 Å². The van der Waals surface area contributed by atoms with E-state index in [0.717, 1.165) is 4.57 Å². The van der Waals surface area contributed by atoms with Crippen molar-refractivity contribution in [1.29, 1.82) is 0 Å². The lowest BCUT2D eigenvalue weighted by Gasteiger charge is -2.23. The summed E-state index contributed by atoms with van der Waals surface area (Å²) < 4.78 is 0.972. The van der Waals surface area contributed by atoms with Crippen LogP contribution in [-0.2, 0) is 4.79 Å². The van der Waals surface area contributed by atoms with Gasteiger partial charge >= 0.3 is 11.7 Å². The maximum absolute atomic E-state index is 13.0. The second-order valence-electron chi connectivity index (χ2n) is 6.19. The summed E-state index contributed by atoms with van der Waals surface area (Å²) in [4.78, 5) is 41.8. The van der Waals surface area contributed by atoms with E-state index in [4.69, 9.17) is 11.6 Å². The predicted octanol–water partition coefficient (Wildman–Crippen LogP) is 1.84. The molecule has 2 N–H and O–H groups in total. The fraction of sp³-hybridized carbons (Fsp3) is 0.167. The summed E-state index contributed by atoms with van der Waals surface area (Å²) in [6.07, 6.45) is 0. The first kappa shape index (κ1) is 16.4. The van der Waals surface area contributed by atoms with Gasteiger partial charge in [0.05, 0.1) is 16.9 Å². The molecule has 0 saturated carbocycles. The number of nitrogens with one attached hydrogen (secondary N) is 1. The van der Waals surface area contributed by atoms with E-state index < -0.39 is 29.3 Å². The first-order valence-corrected chi connectivity index (χ1v) is 8.26. The van der Waals surface area contributed by atoms with Gasteiger partial charge in [0.1, 0.15) is 0 Å². The number of aromatic nitrogens is 2. The van der Waals surface area contributed by atoms with Gasteiger partial charge in [-0.15, -0.1) is 0 Å². The molecule has 4 rings (SSSR count). The van der Waals surface area contributed by atoms with Crippen molar-refractivity contribution in [2.45, 2.75) is 12.1 Å². The molecule has 2 atom stereocenters. The fourth-order valence-electron chi connectivity index (χ4n) is 3.62. The molecule has 0 spiro atoms. The number of fused-ring (bicyclic) bond motifs is 2. The third-order valence-electron chi connectivity index (χ3n) is 4.77. The third kappa shape index (κ3) is 2.24. The molecular formula is C18H14ClN3O4. The summed E-state index contributed by atoms with van der Waals surface area (Å²) in [7, 11) is 1.62. The molecule has 0 radical (unpaired) electrons. The van der Waals surface area contributed by atoms with Crippen LogP contribution in [0.5, 0.6) is 0 Å². The van der Waals surface area contributed by atoms with E-state index in [9.17, 15) is 19.5 Å². The van der Waals surface area contributed by atoms with Gasteiger partial charge in [-0.25, -0.2) is 14.2 Å². The number of carboxylic acid groups (broad SMARTS) is 1. The van der Waals surface area contributed by atoms with Gasteiger partial charge in [0.15, 0.2) is 6.04 Å². The second-order valence-corrected chi connectivity index (χ2v) is 6.63. The first-order chi connectivity index (χ1) is 12.4. The van der Waals surface area contributed by atoms with Gasteiger partial charge in [0, 0.05) is 23.3 Å². The minimum Gasteiger partial charge on any atom is -0.480 e. The molecule has 1 aromatic heterocycles. The highest BCUT2D eigenvalue weighted by Gasteiger charge is 2.44. The zero-order chi connectivity index (χ0) is 18.6. The number of H-pyrrole nitrogens is 1. The molecule has 7 nitrogen and oxygen atoms in total. The van der Waals surface area contributed by atoms with E-state index in [0.29, 0.717) is 27.2 Å². The molecular weight excluding hydrogens is 358 g/mol. The number of halogens is 1. The van der Waals surface area contributed by atoms with Gasteiger partial charge in [0.2, 0.25) is 0 Å². The van der Waals surface area contributed by atoms with Gasteiger partial charge in [-0.3, -0.25) is 4.79 Å². The lowest BCUT2D eigenvalue weighted by Crippen LogP contribution is -2.47. The molecule has 0 aliphatic carbocycles. The van der Waals surface area contributed by atoms with E-state index in [1.807, 2.05) is 0 Å². The number of para-hydroxylation sites is 1. The highest BCUT2D eigenvalue weighted by Crippen LogP contribution is 2.41. The smallest absolute Gasteiger partial charge is 0.329 e. The number of hydrogen-bond acceptors (Lipinski definition) is 4. The Morgan fingerprint density at radius 3 is 2.65 bits per heavy atom. The van der Waals surface area contributed by atoms with E-state index in [2.05, 4.69) is 4.98 Å². The number of anilines is 1. The van der Waals surface area contributed by atoms with Crippen molar-refractivity contribution in [3.05, 3.63) is 73.9 Å². The van der Waals surface area contributed by atoms with E-state index in [1.54, 1.807) is 54.4 Å². The normalized spacial score (nSPS) is 18.9. The molecule has 0 fully saturated rings. The molecule has 2 aromatic carbocycles. The Balaban J connectivity index is 2.07. The molecule has 0 saturated heterocycles. The Morgan fingerprint density at radius 2 is 1.92 bits per heavy atom. The number of aliphatic carboxylic acids is 1. The minimum absolute atomic E-state index is 0.314. The number of carbonyl (C=O) groups is 1. The predicted molar refractivity (Wildman–Crippen MR) is 98.2 cm³/mol. The molecule has 0 bridgehead atoms. The average Bonchev–Trinajstić information content (AvgIpc) is 2.87. The van der Waals surface area contributed by atoms with Crippen LogP contribution in [0.2, 0.25) is 5.02 Å². The highest BCUT2D eigenvalue weighted by atomic mass is 35.5. The van der Waals surface area contributed by atoms with Crippen LogP contribution in [0.3, 0.4) is 0 Å². The second kappa shape index (κ2) is 5.74. The largest absolute Gasteiger partial charge is 0.480 e. The number of hydrogen-bond donors (Lipinski definition) is 2. The number of benzene rings is 2. The quantitative estimate of drug-likeness (QED) is 0.716. The van der Waals surface area contributed by atoms with Crippen LogP contribution in [0.4, 0.5) is 5.69 Å². The van der Waals surface area contributed by atoms with Crippen LogP contribution in [0.15, 0.2) is 52.1 Å². The average molecular weight is 372 g/mol. The molecule has 132 valence electrons. The Hall–Kier alpha value is -3.06. The first-order valence-electron chi connectivity index (χ1n) is 7.89. The number of rotatable bonds is 2. The van der Waals surface area contributed by atoms with Crippen molar-refractivity contribution in [3.63, 3.8) is 0 Å². The summed E-state index contributed by atoms with van der Waals surface area (Å²) >= 11 is 6.09. The van der Waals surface area contributed by atoms with Gasteiger partial charge in [-0.1, -0.05) is 23.7 Å². The maximum atomic E-state index is 13.0. The van der Waals surface area contributed by atoms with Crippen molar-refractivity contribution in [1.82, 2.24) is 9.55 Å². The van der Waals surface area contributed by atoms with Crippen LogP contribution in [-0.4, -0.2) is 33.7 Å². The van der Waals surface area contributed by atoms with Crippen molar-refractivity contribution in [2.75, 3.05) is 11.9 Å². The molecule has 0 amide bonds. The van der Waals surface area contributed by atoms with E-state index in [-0.39, 0.29) is 0 Å². The maximum Gasteiger partial charge on any atom is 0.329 e. The third-order valence-corrected chi connectivity index (χ3v) is 5.01. The topological polar surface area (TPSA) is 95.4 Å². The summed E-state index contributed by atoms with van der Waals surface area (Å²) in [5.74, 6) is -1.13. The SMILES string of the molecule is CN1c2ccc(Cl)cc2C(n2c(=O)[nH]c3ccccc3c2=O)C1C(=O)O. The van der Waals surface area contributed by atoms with Crippen LogP contribution >= 0.6 is 11.6 Å². The van der Waals surface area contributed by atoms with Crippen LogP contribution in [0, 0.1) is 0 Å². The molecule has 3 aromatic rings. The summed E-state index contributed by atoms with van der Waals surface area (Å²) in [6, 6.07) is 9.45. The van der Waals surface area contributed by atoms with E-state index in [1.165, 1.54) is 0 Å². The molecule has 2 unspecified atom stereocenters. The van der Waals surface area contributed by atoms with Crippen molar-refractivity contribution in [3.8, 4) is 0 Å². The molecule has 26 heavy (non-hydrogen) atoms. The lowest BCUT2D eigenvalue weighted by atomic mass is 10.0. The van der Waals surface area contributed by atoms with Gasteiger partial charge in [-0.05, 0) is 30.3 Å². The standard InChI is InChI=1S/C18H14ClN3O4/c1-21-13-7-6-9(19)8-11(13)14(15(21)17(24)25)22-16(23)10-4-2-3-5-12(10)20-18(22)26/h2-8,14-15H,1H3,(H,20,26)(H,24,25). The zero-order valence-electron chi connectivity index (χ0n) is 13.6. The van der Waals surface area contributed by atoms with Gasteiger partial charge in [-0.2, -0.15) is 0 Å². The van der Waals surface area contributed by atoms with Crippen molar-refractivity contribution in [2.24, 2.45) is 0 Å². The summed E-state index contributed by atoms with van der Waals surface area (Å²) in [6.45, 7) is 0. The molecule has 1 aliphatic rings. The number of aromatic amines is 1. The van der Waals surface area contributed by atoms with Crippen molar-refractivity contribution < 1.29 is 9.90 Å². The molecule has 1 aliphatic heterocycles. The van der Waals surface area contributed by atoms with Crippen LogP contribution < -0.4 is 16.1 Å². The fourth-order valence-corrected chi connectivity index (χ4v) is 3.81. The summed E-state index contributed by atoms with van der Waals surface area (Å²) in [5.41, 5.74) is 0.345. The Labute approximate surface area is 152 Å². The Morgan fingerprint density at radius 1 is 1.19 bits per heavy atom. The Kier molecular flexibility index (Phi) is 3.62. The molecule has 8 heteroatoms. The van der Waals surface area contributed by atoms with Gasteiger partial charge in [0.25, 0.3) is 5.56 Å². The monoisotopic (exact) mass is 371 g/mol. The number of carboxylic acids is 1. The minimum atomic E-state index is -1.13. The van der Waals surface area contributed by atoms with Crippen LogP contribution in [0.25, 0.3) is 10.9 Å². The number of nitrogens with zero attached hydrogens (tertiary/aromatic N) is 2. The van der Waals surface area contributed by atoms with Gasteiger partial charge < -0.3 is 15.0 Å². The zero-order valence-corrected chi connectivity index (χ0v) is 14.4. The summed E-state index contributed by atoms with van der Waals surface area (Å²) in [5, 5.41) is 10.5. The lowest BCUT2D eigenvalue weighted by molar-refractivity contribution is -0.139.